The van der Waals surface area contributed by atoms with Crippen molar-refractivity contribution >= 4 is 31.1 Å². The lowest BCUT2D eigenvalue weighted by Crippen LogP contribution is -2.32. The average molecular weight is 200 g/mol. The Balaban J connectivity index is 3.56. The predicted octanol–water partition coefficient (Wildman–Crippen LogP) is 0.213. The first-order chi connectivity index (χ1) is 7.15. The third-order valence-corrected chi connectivity index (χ3v) is 2.02. The van der Waals surface area contributed by atoms with E-state index in [9.17, 15) is 0 Å². The fourth-order valence-corrected chi connectivity index (χ4v) is 1.31. The van der Waals surface area contributed by atoms with E-state index in [1.165, 1.54) is 12.1 Å². The van der Waals surface area contributed by atoms with Crippen molar-refractivity contribution < 1.29 is 10.0 Å². The Morgan fingerprint density at radius 3 is 2.53 bits per heavy atom. The standard InChI is InChI=1S/C10H9BN2O2/c1-3-7-8(6-12)9(11(14)15)4-5-10(7)13-2/h3-5,14-15H,1-2H2. The van der Waals surface area contributed by atoms with Crippen molar-refractivity contribution in [3.8, 4) is 6.07 Å². The largest absolute Gasteiger partial charge is 0.489 e. The van der Waals surface area contributed by atoms with Crippen LogP contribution in [0.2, 0.25) is 0 Å². The molecule has 0 aliphatic carbocycles. The molecule has 5 heteroatoms. The molecule has 0 radical (unpaired) electrons. The van der Waals surface area contributed by atoms with E-state index in [1.54, 1.807) is 6.07 Å². The van der Waals surface area contributed by atoms with Gasteiger partial charge in [0.05, 0.1) is 17.3 Å². The lowest BCUT2D eigenvalue weighted by molar-refractivity contribution is 0.425. The van der Waals surface area contributed by atoms with Crippen LogP contribution in [0.15, 0.2) is 23.7 Å². The van der Waals surface area contributed by atoms with Crippen LogP contribution in [0.1, 0.15) is 11.1 Å². The van der Waals surface area contributed by atoms with E-state index in [2.05, 4.69) is 18.3 Å². The minimum absolute atomic E-state index is 0.139. The number of nitrogens with zero attached hydrogens (tertiary/aromatic N) is 2. The normalized spacial score (nSPS) is 9.13. The van der Waals surface area contributed by atoms with Gasteiger partial charge in [-0.25, -0.2) is 0 Å². The Bertz CT molecular complexity index is 449. The highest BCUT2D eigenvalue weighted by molar-refractivity contribution is 6.59. The highest BCUT2D eigenvalue weighted by atomic mass is 16.4. The maximum absolute atomic E-state index is 9.04. The molecule has 0 aliphatic rings. The summed E-state index contributed by atoms with van der Waals surface area (Å²) in [7, 11) is -1.68. The summed E-state index contributed by atoms with van der Waals surface area (Å²) in [6, 6.07) is 4.88. The van der Waals surface area contributed by atoms with E-state index < -0.39 is 7.12 Å². The third kappa shape index (κ3) is 1.96. The van der Waals surface area contributed by atoms with E-state index in [4.69, 9.17) is 15.3 Å². The number of hydrogen-bond acceptors (Lipinski definition) is 4. The second-order valence-electron chi connectivity index (χ2n) is 2.81. The van der Waals surface area contributed by atoms with Gasteiger partial charge in [0.15, 0.2) is 0 Å². The summed E-state index contributed by atoms with van der Waals surface area (Å²) in [6.45, 7) is 6.90. The lowest BCUT2D eigenvalue weighted by atomic mass is 9.75. The first-order valence-electron chi connectivity index (χ1n) is 4.18. The SMILES string of the molecule is C=Cc1c(N=C)ccc(B(O)O)c1C#N. The Morgan fingerprint density at radius 2 is 2.13 bits per heavy atom. The quantitative estimate of drug-likeness (QED) is 0.540. The van der Waals surface area contributed by atoms with Gasteiger partial charge in [0.1, 0.15) is 0 Å². The molecule has 0 aliphatic heterocycles. The zero-order chi connectivity index (χ0) is 11.4. The summed E-state index contributed by atoms with van der Waals surface area (Å²) < 4.78 is 0. The number of aliphatic imine (C=N–C) groups is 1. The molecule has 0 unspecified atom stereocenters. The molecular formula is C10H9BN2O2. The number of nitriles is 1. The van der Waals surface area contributed by atoms with Crippen molar-refractivity contribution in [2.24, 2.45) is 4.99 Å². The van der Waals surface area contributed by atoms with Gasteiger partial charge in [0.25, 0.3) is 0 Å². The van der Waals surface area contributed by atoms with Gasteiger partial charge in [0.2, 0.25) is 0 Å². The van der Waals surface area contributed by atoms with E-state index in [0.29, 0.717) is 11.3 Å². The maximum Gasteiger partial charge on any atom is 0.489 e. The molecule has 1 aromatic rings. The van der Waals surface area contributed by atoms with Gasteiger partial charge in [0, 0.05) is 11.0 Å². The number of benzene rings is 1. The van der Waals surface area contributed by atoms with Gasteiger partial charge in [-0.1, -0.05) is 18.7 Å². The second kappa shape index (κ2) is 4.55. The van der Waals surface area contributed by atoms with Crippen molar-refractivity contribution in [2.45, 2.75) is 0 Å². The molecule has 0 atom stereocenters. The van der Waals surface area contributed by atoms with Crippen LogP contribution in [0.3, 0.4) is 0 Å². The molecule has 0 heterocycles. The Kier molecular flexibility index (Phi) is 3.39. The molecule has 1 rings (SSSR count). The Hall–Kier alpha value is -1.90. The molecule has 0 saturated heterocycles. The fraction of sp³-hybridized carbons (Fsp3) is 0. The molecule has 0 fully saturated rings. The molecule has 15 heavy (non-hydrogen) atoms. The average Bonchev–Trinajstić information content (AvgIpc) is 2.26. The van der Waals surface area contributed by atoms with E-state index >= 15 is 0 Å². The van der Waals surface area contributed by atoms with Gasteiger partial charge in [-0.05, 0) is 12.8 Å². The molecule has 0 amide bonds. The molecule has 0 saturated carbocycles. The van der Waals surface area contributed by atoms with Crippen LogP contribution in [0.25, 0.3) is 6.08 Å². The van der Waals surface area contributed by atoms with Gasteiger partial charge >= 0.3 is 7.12 Å². The minimum atomic E-state index is -1.68. The highest BCUT2D eigenvalue weighted by Crippen LogP contribution is 2.22. The molecule has 0 bridgehead atoms. The van der Waals surface area contributed by atoms with Gasteiger partial charge < -0.3 is 10.0 Å². The van der Waals surface area contributed by atoms with E-state index in [-0.39, 0.29) is 11.0 Å². The minimum Gasteiger partial charge on any atom is -0.423 e. The zero-order valence-electron chi connectivity index (χ0n) is 8.01. The van der Waals surface area contributed by atoms with Crippen molar-refractivity contribution in [3.05, 3.63) is 29.8 Å². The topological polar surface area (TPSA) is 76.6 Å². The lowest BCUT2D eigenvalue weighted by Gasteiger charge is -2.08. The van der Waals surface area contributed by atoms with E-state index in [1.807, 2.05) is 6.07 Å². The van der Waals surface area contributed by atoms with Crippen LogP contribution in [0.4, 0.5) is 5.69 Å². The second-order valence-corrected chi connectivity index (χ2v) is 2.81. The van der Waals surface area contributed by atoms with Crippen molar-refractivity contribution in [1.29, 1.82) is 5.26 Å². The molecule has 1 aromatic carbocycles. The first kappa shape index (κ1) is 11.2. The van der Waals surface area contributed by atoms with Crippen molar-refractivity contribution in [3.63, 3.8) is 0 Å². The van der Waals surface area contributed by atoms with Crippen LogP contribution < -0.4 is 5.46 Å². The summed E-state index contributed by atoms with van der Waals surface area (Å²) in [5.74, 6) is 0. The summed E-state index contributed by atoms with van der Waals surface area (Å²) in [5, 5.41) is 27.0. The van der Waals surface area contributed by atoms with Crippen LogP contribution in [0.5, 0.6) is 0 Å². The zero-order valence-corrected chi connectivity index (χ0v) is 8.01. The van der Waals surface area contributed by atoms with E-state index in [0.717, 1.165) is 0 Å². The van der Waals surface area contributed by atoms with Crippen LogP contribution in [0, 0.1) is 11.3 Å². The number of hydrogen-bond donors (Lipinski definition) is 2. The third-order valence-electron chi connectivity index (χ3n) is 2.02. The summed E-state index contributed by atoms with van der Waals surface area (Å²) in [4.78, 5) is 3.71. The smallest absolute Gasteiger partial charge is 0.423 e. The van der Waals surface area contributed by atoms with Gasteiger partial charge in [-0.3, -0.25) is 4.99 Å². The van der Waals surface area contributed by atoms with Crippen LogP contribution in [-0.4, -0.2) is 23.9 Å². The first-order valence-corrected chi connectivity index (χ1v) is 4.18. The molecular weight excluding hydrogens is 191 g/mol. The Morgan fingerprint density at radius 1 is 1.47 bits per heavy atom. The Labute approximate surface area is 88.0 Å². The molecule has 2 N–H and O–H groups in total. The van der Waals surface area contributed by atoms with Gasteiger partial charge in [-0.2, -0.15) is 5.26 Å². The molecule has 4 nitrogen and oxygen atoms in total. The fourth-order valence-electron chi connectivity index (χ4n) is 1.31. The van der Waals surface area contributed by atoms with Crippen LogP contribution >= 0.6 is 0 Å². The highest BCUT2D eigenvalue weighted by Gasteiger charge is 2.19. The summed E-state index contributed by atoms with van der Waals surface area (Å²) >= 11 is 0. The monoisotopic (exact) mass is 200 g/mol. The molecule has 0 aromatic heterocycles. The molecule has 0 spiro atoms. The summed E-state index contributed by atoms with van der Waals surface area (Å²) in [6.07, 6.45) is 1.44. The van der Waals surface area contributed by atoms with Crippen molar-refractivity contribution in [2.75, 3.05) is 0 Å². The predicted molar refractivity (Wildman–Crippen MR) is 60.3 cm³/mol. The van der Waals surface area contributed by atoms with Crippen LogP contribution in [-0.2, 0) is 0 Å². The summed E-state index contributed by atoms with van der Waals surface area (Å²) in [5.41, 5.74) is 1.24. The molecule has 74 valence electrons. The number of rotatable bonds is 3. The van der Waals surface area contributed by atoms with Crippen molar-refractivity contribution in [1.82, 2.24) is 0 Å². The maximum atomic E-state index is 9.04. The van der Waals surface area contributed by atoms with Gasteiger partial charge in [-0.15, -0.1) is 0 Å².